The summed E-state index contributed by atoms with van der Waals surface area (Å²) in [5.41, 5.74) is 0.915. The summed E-state index contributed by atoms with van der Waals surface area (Å²) in [5.74, 6) is 1.47. The van der Waals surface area contributed by atoms with Gasteiger partial charge in [0.1, 0.15) is 11.5 Å². The van der Waals surface area contributed by atoms with Gasteiger partial charge in [-0.05, 0) is 6.07 Å². The highest BCUT2D eigenvalue weighted by molar-refractivity contribution is 7.71. The molecule has 0 aliphatic rings. The van der Waals surface area contributed by atoms with Crippen LogP contribution < -0.4 is 9.47 Å². The van der Waals surface area contributed by atoms with E-state index in [0.29, 0.717) is 0 Å². The van der Waals surface area contributed by atoms with Crippen LogP contribution in [0.25, 0.3) is 10.9 Å². The van der Waals surface area contributed by atoms with Gasteiger partial charge in [-0.15, -0.1) is 0 Å². The number of aromatic nitrogens is 1. The summed E-state index contributed by atoms with van der Waals surface area (Å²) in [6, 6.07) is 5.56. The van der Waals surface area contributed by atoms with Crippen LogP contribution in [-0.4, -0.2) is 19.2 Å². The topological polar surface area (TPSA) is 34.2 Å². The fraction of sp³-hybridized carbons (Fsp3) is 0.182. The lowest BCUT2D eigenvalue weighted by molar-refractivity contribution is 0.398. The fourth-order valence-corrected chi connectivity index (χ4v) is 1.81. The van der Waals surface area contributed by atoms with Gasteiger partial charge in [-0.2, -0.15) is 0 Å². The standard InChI is InChI=1S/C11H11NO2S/c1-13-7-5-8-11(9(6-7)14-2)10(15)3-4-12-8/h3-6H,1-2H3,(H,12,15). The molecule has 1 heterocycles. The summed E-state index contributed by atoms with van der Waals surface area (Å²) >= 11 is 5.25. The predicted molar refractivity (Wildman–Crippen MR) is 62.2 cm³/mol. The molecule has 0 aliphatic heterocycles. The van der Waals surface area contributed by atoms with E-state index in [1.54, 1.807) is 14.2 Å². The minimum atomic E-state index is 0.728. The van der Waals surface area contributed by atoms with Crippen molar-refractivity contribution in [1.29, 1.82) is 0 Å². The summed E-state index contributed by atoms with van der Waals surface area (Å²) in [4.78, 5) is 3.11. The van der Waals surface area contributed by atoms with E-state index in [-0.39, 0.29) is 0 Å². The van der Waals surface area contributed by atoms with Crippen LogP contribution in [0, 0.1) is 4.51 Å². The van der Waals surface area contributed by atoms with Crippen LogP contribution in [0.4, 0.5) is 0 Å². The third-order valence-electron chi connectivity index (χ3n) is 2.25. The number of pyridine rings is 1. The van der Waals surface area contributed by atoms with Crippen LogP contribution in [0.3, 0.4) is 0 Å². The second-order valence-corrected chi connectivity index (χ2v) is 3.53. The van der Waals surface area contributed by atoms with Gasteiger partial charge in [-0.1, -0.05) is 12.2 Å². The Kier molecular flexibility index (Phi) is 2.60. The van der Waals surface area contributed by atoms with E-state index in [4.69, 9.17) is 21.7 Å². The van der Waals surface area contributed by atoms with Crippen LogP contribution >= 0.6 is 12.2 Å². The van der Waals surface area contributed by atoms with E-state index in [9.17, 15) is 0 Å². The van der Waals surface area contributed by atoms with Crippen molar-refractivity contribution in [2.24, 2.45) is 0 Å². The quantitative estimate of drug-likeness (QED) is 0.792. The number of methoxy groups -OCH3 is 2. The Balaban J connectivity index is 2.87. The lowest BCUT2D eigenvalue weighted by Gasteiger charge is -2.08. The average Bonchev–Trinajstić information content (AvgIpc) is 2.27. The fourth-order valence-electron chi connectivity index (χ4n) is 1.53. The Morgan fingerprint density at radius 1 is 1.20 bits per heavy atom. The molecule has 1 aromatic heterocycles. The van der Waals surface area contributed by atoms with Crippen molar-refractivity contribution in [3.8, 4) is 11.5 Å². The smallest absolute Gasteiger partial charge is 0.133 e. The summed E-state index contributed by atoms with van der Waals surface area (Å²) < 4.78 is 11.2. The van der Waals surface area contributed by atoms with Crippen LogP contribution in [0.2, 0.25) is 0 Å². The van der Waals surface area contributed by atoms with Gasteiger partial charge in [0.25, 0.3) is 0 Å². The maximum atomic E-state index is 5.28. The first-order valence-corrected chi connectivity index (χ1v) is 4.90. The summed E-state index contributed by atoms with van der Waals surface area (Å²) in [7, 11) is 3.24. The van der Waals surface area contributed by atoms with Crippen molar-refractivity contribution in [1.82, 2.24) is 4.98 Å². The Hall–Kier alpha value is -1.55. The Morgan fingerprint density at radius 3 is 2.67 bits per heavy atom. The molecule has 3 nitrogen and oxygen atoms in total. The number of H-pyrrole nitrogens is 1. The van der Waals surface area contributed by atoms with E-state index in [2.05, 4.69) is 4.98 Å². The van der Waals surface area contributed by atoms with Gasteiger partial charge < -0.3 is 14.5 Å². The first-order valence-electron chi connectivity index (χ1n) is 4.49. The highest BCUT2D eigenvalue weighted by Crippen LogP contribution is 2.30. The van der Waals surface area contributed by atoms with Crippen molar-refractivity contribution in [2.75, 3.05) is 14.2 Å². The molecule has 1 N–H and O–H groups in total. The molecule has 0 amide bonds. The number of fused-ring (bicyclic) bond motifs is 1. The Labute approximate surface area is 92.6 Å². The first-order chi connectivity index (χ1) is 7.26. The van der Waals surface area contributed by atoms with E-state index < -0.39 is 0 Å². The molecule has 0 radical (unpaired) electrons. The van der Waals surface area contributed by atoms with Gasteiger partial charge in [-0.3, -0.25) is 0 Å². The third-order valence-corrected chi connectivity index (χ3v) is 2.59. The van der Waals surface area contributed by atoms with Gasteiger partial charge in [-0.25, -0.2) is 0 Å². The van der Waals surface area contributed by atoms with Gasteiger partial charge in [0.15, 0.2) is 0 Å². The summed E-state index contributed by atoms with van der Waals surface area (Å²) in [5, 5.41) is 0.913. The van der Waals surface area contributed by atoms with E-state index in [1.165, 1.54) is 0 Å². The van der Waals surface area contributed by atoms with Crippen LogP contribution in [-0.2, 0) is 0 Å². The lowest BCUT2D eigenvalue weighted by Crippen LogP contribution is -1.90. The second kappa shape index (κ2) is 3.90. The summed E-state index contributed by atoms with van der Waals surface area (Å²) in [6.45, 7) is 0. The number of aromatic amines is 1. The van der Waals surface area contributed by atoms with Crippen molar-refractivity contribution < 1.29 is 9.47 Å². The van der Waals surface area contributed by atoms with Gasteiger partial charge in [0.05, 0.1) is 29.6 Å². The maximum Gasteiger partial charge on any atom is 0.133 e. The van der Waals surface area contributed by atoms with Crippen LogP contribution in [0.1, 0.15) is 0 Å². The molecule has 1 aromatic carbocycles. The molecule has 78 valence electrons. The molecule has 2 aromatic rings. The number of ether oxygens (including phenoxy) is 2. The Bertz CT molecular complexity index is 548. The zero-order valence-corrected chi connectivity index (χ0v) is 9.35. The molecule has 0 fully saturated rings. The number of benzene rings is 1. The lowest BCUT2D eigenvalue weighted by atomic mass is 10.2. The number of hydrogen-bond donors (Lipinski definition) is 1. The molecule has 0 atom stereocenters. The Morgan fingerprint density at radius 2 is 2.00 bits per heavy atom. The van der Waals surface area contributed by atoms with E-state index >= 15 is 0 Å². The molecule has 4 heteroatoms. The molecular weight excluding hydrogens is 210 g/mol. The first kappa shape index (κ1) is 9.98. The number of rotatable bonds is 2. The normalized spacial score (nSPS) is 10.3. The molecule has 0 saturated heterocycles. The highest BCUT2D eigenvalue weighted by atomic mass is 32.1. The van der Waals surface area contributed by atoms with Crippen LogP contribution in [0.15, 0.2) is 24.4 Å². The molecule has 15 heavy (non-hydrogen) atoms. The largest absolute Gasteiger partial charge is 0.497 e. The van der Waals surface area contributed by atoms with Crippen molar-refractivity contribution in [3.05, 3.63) is 28.9 Å². The zero-order valence-electron chi connectivity index (χ0n) is 8.53. The van der Waals surface area contributed by atoms with Gasteiger partial charge in [0.2, 0.25) is 0 Å². The highest BCUT2D eigenvalue weighted by Gasteiger charge is 2.06. The SMILES string of the molecule is COc1cc(OC)c2c(=S)cc[nH]c2c1. The molecule has 0 unspecified atom stereocenters. The molecular formula is C11H11NO2S. The predicted octanol–water partition coefficient (Wildman–Crippen LogP) is 2.91. The van der Waals surface area contributed by atoms with E-state index in [1.807, 2.05) is 24.4 Å². The minimum absolute atomic E-state index is 0.728. The van der Waals surface area contributed by atoms with Crippen LogP contribution in [0.5, 0.6) is 11.5 Å². The number of hydrogen-bond acceptors (Lipinski definition) is 3. The maximum absolute atomic E-state index is 5.28. The van der Waals surface area contributed by atoms with Crippen molar-refractivity contribution in [3.63, 3.8) is 0 Å². The average molecular weight is 221 g/mol. The van der Waals surface area contributed by atoms with Crippen molar-refractivity contribution >= 4 is 23.1 Å². The number of nitrogens with one attached hydrogen (secondary N) is 1. The van der Waals surface area contributed by atoms with Gasteiger partial charge >= 0.3 is 0 Å². The van der Waals surface area contributed by atoms with E-state index in [0.717, 1.165) is 26.9 Å². The zero-order chi connectivity index (χ0) is 10.8. The molecule has 2 rings (SSSR count). The molecule has 0 spiro atoms. The second-order valence-electron chi connectivity index (χ2n) is 3.09. The molecule has 0 saturated carbocycles. The van der Waals surface area contributed by atoms with Crippen molar-refractivity contribution in [2.45, 2.75) is 0 Å². The van der Waals surface area contributed by atoms with Gasteiger partial charge in [0, 0.05) is 18.3 Å². The molecule has 0 bridgehead atoms. The minimum Gasteiger partial charge on any atom is -0.497 e. The third kappa shape index (κ3) is 1.68. The molecule has 0 aliphatic carbocycles. The monoisotopic (exact) mass is 221 g/mol. The summed E-state index contributed by atoms with van der Waals surface area (Å²) in [6.07, 6.45) is 1.81.